The molecule has 45 heavy (non-hydrogen) atoms. The second-order valence-corrected chi connectivity index (χ2v) is 14.0. The highest BCUT2D eigenvalue weighted by Crippen LogP contribution is 2.58. The van der Waals surface area contributed by atoms with Crippen LogP contribution in [0.4, 0.5) is 0 Å². The van der Waals surface area contributed by atoms with Gasteiger partial charge in [0.1, 0.15) is 0 Å². The van der Waals surface area contributed by atoms with Gasteiger partial charge in [0.05, 0.1) is 40.0 Å². The number of hydrogen-bond donors (Lipinski definition) is 0. The minimum absolute atomic E-state index is 0.00158. The average molecular weight is 594 g/mol. The Labute approximate surface area is 266 Å². The fraction of sp³-hybridized carbons (Fsp3) is 0.122. The molecule has 1 aromatic heterocycles. The minimum Gasteiger partial charge on any atom is -0.309 e. The van der Waals surface area contributed by atoms with E-state index in [9.17, 15) is 10.5 Å². The lowest BCUT2D eigenvalue weighted by atomic mass is 9.78. The molecule has 9 rings (SSSR count). The van der Waals surface area contributed by atoms with Crippen molar-refractivity contribution < 1.29 is 0 Å². The van der Waals surface area contributed by atoms with Gasteiger partial charge in [-0.05, 0) is 75.9 Å². The van der Waals surface area contributed by atoms with Gasteiger partial charge in [0.25, 0.3) is 0 Å². The fourth-order valence-electron chi connectivity index (χ4n) is 7.84. The maximum Gasteiger partial charge on any atom is 0.0992 e. The molecule has 2 unspecified atom stereocenters. The van der Waals surface area contributed by atoms with E-state index in [1.165, 1.54) is 32.7 Å². The van der Waals surface area contributed by atoms with Crippen molar-refractivity contribution in [3.63, 3.8) is 0 Å². The molecule has 2 aliphatic carbocycles. The number of fused-ring (bicyclic) bond motifs is 9. The molecular weight excluding hydrogens is 567 g/mol. The van der Waals surface area contributed by atoms with E-state index in [4.69, 9.17) is 0 Å². The second kappa shape index (κ2) is 9.35. The quantitative estimate of drug-likeness (QED) is 0.201. The van der Waals surface area contributed by atoms with Gasteiger partial charge in [0, 0.05) is 37.8 Å². The number of aromatic nitrogens is 1. The number of para-hydroxylation sites is 1. The summed E-state index contributed by atoms with van der Waals surface area (Å²) in [4.78, 5) is 1.32. The predicted molar refractivity (Wildman–Crippen MR) is 184 cm³/mol. The molecule has 1 aliphatic heterocycles. The summed E-state index contributed by atoms with van der Waals surface area (Å²) in [5.41, 5.74) is 13.5. The molecule has 2 atom stereocenters. The Kier molecular flexibility index (Phi) is 5.43. The molecule has 4 heteroatoms. The molecule has 0 radical (unpaired) electrons. The summed E-state index contributed by atoms with van der Waals surface area (Å²) in [6.45, 7) is 4.71. The zero-order valence-electron chi connectivity index (χ0n) is 24.9. The first-order chi connectivity index (χ1) is 22.0. The smallest absolute Gasteiger partial charge is 0.0992 e. The molecule has 0 saturated heterocycles. The van der Waals surface area contributed by atoms with Crippen LogP contribution >= 0.6 is 11.8 Å². The monoisotopic (exact) mass is 593 g/mol. The van der Waals surface area contributed by atoms with Gasteiger partial charge in [0.2, 0.25) is 0 Å². The first kappa shape index (κ1) is 26.1. The van der Waals surface area contributed by atoms with Crippen LogP contribution in [0.3, 0.4) is 0 Å². The Morgan fingerprint density at radius 3 is 2.33 bits per heavy atom. The summed E-state index contributed by atoms with van der Waals surface area (Å²) in [7, 11) is 0. The molecule has 212 valence electrons. The number of hydrogen-bond acceptors (Lipinski definition) is 3. The van der Waals surface area contributed by atoms with E-state index in [0.29, 0.717) is 22.3 Å². The van der Waals surface area contributed by atoms with Crippen LogP contribution in [0.1, 0.15) is 47.6 Å². The van der Waals surface area contributed by atoms with Gasteiger partial charge in [-0.1, -0.05) is 86.7 Å². The van der Waals surface area contributed by atoms with Crippen molar-refractivity contribution in [3.8, 4) is 29.0 Å². The summed E-state index contributed by atoms with van der Waals surface area (Å²) in [5, 5.41) is 22.0. The third-order valence-electron chi connectivity index (χ3n) is 10.0. The molecule has 0 fully saturated rings. The maximum absolute atomic E-state index is 9.92. The van der Waals surface area contributed by atoms with Gasteiger partial charge in [-0.15, -0.1) is 11.8 Å². The van der Waals surface area contributed by atoms with Gasteiger partial charge in [0.15, 0.2) is 0 Å². The number of thioether (sulfide) groups is 1. The number of allylic oxidation sites excluding steroid dienone is 3. The van der Waals surface area contributed by atoms with E-state index in [0.717, 1.165) is 38.6 Å². The number of nitrogens with zero attached hydrogens (tertiary/aromatic N) is 3. The van der Waals surface area contributed by atoms with Gasteiger partial charge in [-0.25, -0.2) is 0 Å². The van der Waals surface area contributed by atoms with Crippen molar-refractivity contribution in [2.24, 2.45) is 0 Å². The highest BCUT2D eigenvalue weighted by molar-refractivity contribution is 8.00. The third-order valence-corrected chi connectivity index (χ3v) is 11.3. The Morgan fingerprint density at radius 1 is 0.711 bits per heavy atom. The summed E-state index contributed by atoms with van der Waals surface area (Å²) in [6.07, 6.45) is 5.05. The van der Waals surface area contributed by atoms with Gasteiger partial charge in [-0.2, -0.15) is 10.5 Å². The normalized spacial score (nSPS) is 18.8. The molecule has 2 heterocycles. The van der Waals surface area contributed by atoms with Crippen LogP contribution in [0, 0.1) is 22.7 Å². The van der Waals surface area contributed by atoms with Crippen molar-refractivity contribution in [2.45, 2.75) is 35.3 Å². The molecule has 0 amide bonds. The van der Waals surface area contributed by atoms with E-state index in [1.54, 1.807) is 0 Å². The lowest BCUT2D eigenvalue weighted by Crippen LogP contribution is -2.19. The molecule has 0 saturated carbocycles. The van der Waals surface area contributed by atoms with Gasteiger partial charge >= 0.3 is 0 Å². The van der Waals surface area contributed by atoms with Crippen LogP contribution < -0.4 is 0 Å². The summed E-state index contributed by atoms with van der Waals surface area (Å²) < 4.78 is 2.25. The standard InChI is InChI=1S/C41H27N3S/c1-41(2)34-9-5-3-7-28(34)31-20-33-30-15-13-26(19-39(30)45-40(33)21-35(31)41)27-14-11-25(23-43)18-38(27)44-36-10-6-4-8-29(36)32-17-24(22-42)12-16-37(32)44/h3-21,33,40H,1-2H3. The van der Waals surface area contributed by atoms with Crippen LogP contribution in [0.25, 0.3) is 44.2 Å². The van der Waals surface area contributed by atoms with E-state index in [2.05, 4.69) is 103 Å². The fourth-order valence-corrected chi connectivity index (χ4v) is 9.25. The van der Waals surface area contributed by atoms with E-state index in [-0.39, 0.29) is 5.41 Å². The maximum atomic E-state index is 9.92. The van der Waals surface area contributed by atoms with E-state index >= 15 is 0 Å². The Bertz CT molecular complexity index is 2420. The first-order valence-corrected chi connectivity index (χ1v) is 16.2. The molecule has 0 spiro atoms. The summed E-state index contributed by atoms with van der Waals surface area (Å²) in [5.74, 6) is 0.340. The molecule has 0 bridgehead atoms. The van der Waals surface area contributed by atoms with E-state index < -0.39 is 0 Å². The van der Waals surface area contributed by atoms with Gasteiger partial charge in [-0.3, -0.25) is 0 Å². The Morgan fingerprint density at radius 2 is 1.47 bits per heavy atom. The largest absolute Gasteiger partial charge is 0.309 e. The lowest BCUT2D eigenvalue weighted by molar-refractivity contribution is 0.652. The van der Waals surface area contributed by atoms with Crippen LogP contribution in [0.15, 0.2) is 126 Å². The molecule has 0 N–H and O–H groups in total. The highest BCUT2D eigenvalue weighted by atomic mass is 32.2. The zero-order chi connectivity index (χ0) is 30.4. The lowest BCUT2D eigenvalue weighted by Gasteiger charge is -2.27. The topological polar surface area (TPSA) is 52.5 Å². The SMILES string of the molecule is CC1(C)C2=CC3Sc4cc(-c5ccc(C#N)cc5-n5c6ccccc6c6cc(C#N)ccc65)ccc4C3C=C2c2ccccc21. The van der Waals surface area contributed by atoms with Crippen LogP contribution in [-0.2, 0) is 5.41 Å². The van der Waals surface area contributed by atoms with Crippen molar-refractivity contribution in [3.05, 3.63) is 149 Å². The van der Waals surface area contributed by atoms with Crippen molar-refractivity contribution in [1.29, 1.82) is 10.5 Å². The van der Waals surface area contributed by atoms with Crippen molar-refractivity contribution in [1.82, 2.24) is 4.57 Å². The van der Waals surface area contributed by atoms with Crippen LogP contribution in [-0.4, -0.2) is 9.82 Å². The summed E-state index contributed by atoms with van der Waals surface area (Å²) in [6, 6.07) is 40.6. The Hall–Kier alpha value is -5.29. The summed E-state index contributed by atoms with van der Waals surface area (Å²) >= 11 is 1.97. The molecule has 5 aromatic carbocycles. The van der Waals surface area contributed by atoms with Crippen LogP contribution in [0.5, 0.6) is 0 Å². The first-order valence-electron chi connectivity index (χ1n) is 15.3. The molecule has 3 nitrogen and oxygen atoms in total. The minimum atomic E-state index is 0.00158. The van der Waals surface area contributed by atoms with Crippen molar-refractivity contribution >= 4 is 39.1 Å². The third kappa shape index (κ3) is 3.64. The molecular formula is C41H27N3S. The predicted octanol–water partition coefficient (Wildman–Crippen LogP) is 10.1. The molecule has 3 aliphatic rings. The number of rotatable bonds is 2. The van der Waals surface area contributed by atoms with Crippen molar-refractivity contribution in [2.75, 3.05) is 0 Å². The average Bonchev–Trinajstić information content (AvgIpc) is 3.68. The second-order valence-electron chi connectivity index (χ2n) is 12.7. The zero-order valence-corrected chi connectivity index (χ0v) is 25.7. The molecule has 6 aromatic rings. The van der Waals surface area contributed by atoms with E-state index in [1.807, 2.05) is 54.2 Å². The number of nitriles is 2. The Balaban J connectivity index is 1.20. The van der Waals surface area contributed by atoms with Crippen LogP contribution in [0.2, 0.25) is 0 Å². The number of benzene rings is 5. The highest BCUT2D eigenvalue weighted by Gasteiger charge is 2.43. The van der Waals surface area contributed by atoms with Gasteiger partial charge < -0.3 is 4.57 Å².